The summed E-state index contributed by atoms with van der Waals surface area (Å²) < 4.78 is 0. The highest BCUT2D eigenvalue weighted by molar-refractivity contribution is 7.12. The molecule has 3 rings (SSSR count). The van der Waals surface area contributed by atoms with Crippen molar-refractivity contribution < 1.29 is 14.4 Å². The molecule has 0 bridgehead atoms. The van der Waals surface area contributed by atoms with Gasteiger partial charge >= 0.3 is 0 Å². The first-order valence-electron chi connectivity index (χ1n) is 8.08. The first kappa shape index (κ1) is 17.2. The van der Waals surface area contributed by atoms with E-state index in [0.29, 0.717) is 29.2 Å². The van der Waals surface area contributed by atoms with Gasteiger partial charge in [0.25, 0.3) is 11.8 Å². The van der Waals surface area contributed by atoms with Crippen LogP contribution < -0.4 is 11.1 Å². The molecule has 0 spiro atoms. The van der Waals surface area contributed by atoms with Crippen LogP contribution in [-0.4, -0.2) is 35.7 Å². The number of nitrogens with zero attached hydrogens (tertiary/aromatic N) is 1. The molecule has 0 saturated carbocycles. The van der Waals surface area contributed by atoms with Gasteiger partial charge in [0.15, 0.2) is 0 Å². The van der Waals surface area contributed by atoms with Crippen LogP contribution in [0.5, 0.6) is 0 Å². The number of carbonyl (C=O) groups is 3. The van der Waals surface area contributed by atoms with E-state index >= 15 is 0 Å². The Bertz CT molecular complexity index is 789. The van der Waals surface area contributed by atoms with E-state index in [1.54, 1.807) is 35.2 Å². The van der Waals surface area contributed by atoms with Crippen LogP contribution in [0, 0.1) is 5.92 Å². The fourth-order valence-corrected chi connectivity index (χ4v) is 3.53. The number of likely N-dealkylation sites (tertiary alicyclic amines) is 1. The van der Waals surface area contributed by atoms with Crippen LogP contribution >= 0.6 is 11.3 Å². The standard InChI is InChI=1S/C18H19N3O3S/c19-16(22)13-5-2-8-21(11-13)18(24)12-4-1-6-14(10-12)20-17(23)15-7-3-9-25-15/h1,3-4,6-7,9-10,13H,2,5,8,11H2,(H2,19,22)(H,20,23). The third-order valence-corrected chi connectivity index (χ3v) is 5.09. The normalized spacial score (nSPS) is 17.1. The van der Waals surface area contributed by atoms with Crippen molar-refractivity contribution in [2.75, 3.05) is 18.4 Å². The Morgan fingerprint density at radius 1 is 1.20 bits per heavy atom. The first-order valence-corrected chi connectivity index (χ1v) is 8.96. The fraction of sp³-hybridized carbons (Fsp3) is 0.278. The van der Waals surface area contributed by atoms with Gasteiger partial charge in [0, 0.05) is 24.3 Å². The Labute approximate surface area is 149 Å². The summed E-state index contributed by atoms with van der Waals surface area (Å²) in [5.74, 6) is -1.02. The summed E-state index contributed by atoms with van der Waals surface area (Å²) in [6, 6.07) is 10.4. The van der Waals surface area contributed by atoms with E-state index in [0.717, 1.165) is 12.8 Å². The van der Waals surface area contributed by atoms with Crippen molar-refractivity contribution in [3.05, 3.63) is 52.2 Å². The van der Waals surface area contributed by atoms with Gasteiger partial charge in [-0.1, -0.05) is 12.1 Å². The Kier molecular flexibility index (Phi) is 5.14. The minimum absolute atomic E-state index is 0.154. The van der Waals surface area contributed by atoms with Gasteiger partial charge in [0.1, 0.15) is 0 Å². The lowest BCUT2D eigenvalue weighted by Crippen LogP contribution is -2.44. The van der Waals surface area contributed by atoms with Gasteiger partial charge in [0.05, 0.1) is 10.8 Å². The lowest BCUT2D eigenvalue weighted by atomic mass is 9.97. The molecule has 1 unspecified atom stereocenters. The average Bonchev–Trinajstić information content (AvgIpc) is 3.16. The molecule has 1 aromatic heterocycles. The topological polar surface area (TPSA) is 92.5 Å². The number of thiophene rings is 1. The molecule has 1 aromatic carbocycles. The number of anilines is 1. The number of amides is 3. The minimum atomic E-state index is -0.366. The highest BCUT2D eigenvalue weighted by Crippen LogP contribution is 2.20. The second kappa shape index (κ2) is 7.48. The van der Waals surface area contributed by atoms with Gasteiger partial charge in [-0.2, -0.15) is 0 Å². The zero-order valence-electron chi connectivity index (χ0n) is 13.6. The van der Waals surface area contributed by atoms with Gasteiger partial charge in [-0.3, -0.25) is 14.4 Å². The number of piperidine rings is 1. The summed E-state index contributed by atoms with van der Waals surface area (Å²) in [4.78, 5) is 38.5. The molecule has 3 N–H and O–H groups in total. The second-order valence-electron chi connectivity index (χ2n) is 6.00. The summed E-state index contributed by atoms with van der Waals surface area (Å²) in [5, 5.41) is 4.63. The van der Waals surface area contributed by atoms with Gasteiger partial charge in [0.2, 0.25) is 5.91 Å². The molecule has 0 radical (unpaired) electrons. The number of primary amides is 1. The number of nitrogens with one attached hydrogen (secondary N) is 1. The van der Waals surface area contributed by atoms with Crippen LogP contribution in [0.4, 0.5) is 5.69 Å². The lowest BCUT2D eigenvalue weighted by Gasteiger charge is -2.31. The number of rotatable bonds is 4. The summed E-state index contributed by atoms with van der Waals surface area (Å²) in [5.41, 5.74) is 6.41. The molecule has 25 heavy (non-hydrogen) atoms. The Morgan fingerprint density at radius 3 is 2.76 bits per heavy atom. The molecule has 1 fully saturated rings. The quantitative estimate of drug-likeness (QED) is 0.879. The predicted molar refractivity (Wildman–Crippen MR) is 96.5 cm³/mol. The van der Waals surface area contributed by atoms with E-state index in [-0.39, 0.29) is 23.6 Å². The third kappa shape index (κ3) is 4.06. The summed E-state index contributed by atoms with van der Waals surface area (Å²) >= 11 is 1.36. The maximum atomic E-state index is 12.7. The van der Waals surface area contributed by atoms with E-state index in [4.69, 9.17) is 5.73 Å². The molecule has 130 valence electrons. The van der Waals surface area contributed by atoms with E-state index in [2.05, 4.69) is 5.32 Å². The van der Waals surface area contributed by atoms with Crippen molar-refractivity contribution in [2.24, 2.45) is 11.7 Å². The first-order chi connectivity index (χ1) is 12.0. The number of nitrogens with two attached hydrogens (primary N) is 1. The molecule has 2 aromatic rings. The molecule has 6 nitrogen and oxygen atoms in total. The van der Waals surface area contributed by atoms with Gasteiger partial charge in [-0.15, -0.1) is 11.3 Å². The number of benzene rings is 1. The maximum Gasteiger partial charge on any atom is 0.265 e. The van der Waals surface area contributed by atoms with Crippen LogP contribution in [0.25, 0.3) is 0 Å². The highest BCUT2D eigenvalue weighted by atomic mass is 32.1. The van der Waals surface area contributed by atoms with E-state index in [1.165, 1.54) is 11.3 Å². The highest BCUT2D eigenvalue weighted by Gasteiger charge is 2.27. The maximum absolute atomic E-state index is 12.7. The Morgan fingerprint density at radius 2 is 2.04 bits per heavy atom. The van der Waals surface area contributed by atoms with E-state index in [9.17, 15) is 14.4 Å². The van der Waals surface area contributed by atoms with Crippen LogP contribution in [0.1, 0.15) is 32.9 Å². The SMILES string of the molecule is NC(=O)C1CCCN(C(=O)c2cccc(NC(=O)c3cccs3)c2)C1. The Balaban J connectivity index is 1.71. The van der Waals surface area contributed by atoms with Crippen molar-refractivity contribution in [1.29, 1.82) is 0 Å². The van der Waals surface area contributed by atoms with Crippen molar-refractivity contribution >= 4 is 34.7 Å². The van der Waals surface area contributed by atoms with E-state index in [1.807, 2.05) is 11.4 Å². The van der Waals surface area contributed by atoms with Crippen LogP contribution in [0.15, 0.2) is 41.8 Å². The van der Waals surface area contributed by atoms with Crippen LogP contribution in [0.3, 0.4) is 0 Å². The third-order valence-electron chi connectivity index (χ3n) is 4.22. The fourth-order valence-electron chi connectivity index (χ4n) is 2.91. The van der Waals surface area contributed by atoms with Gasteiger partial charge in [-0.25, -0.2) is 0 Å². The monoisotopic (exact) mass is 357 g/mol. The second-order valence-corrected chi connectivity index (χ2v) is 6.95. The van der Waals surface area contributed by atoms with Crippen LogP contribution in [-0.2, 0) is 4.79 Å². The zero-order chi connectivity index (χ0) is 17.8. The molecule has 1 aliphatic rings. The molecular formula is C18H19N3O3S. The summed E-state index contributed by atoms with van der Waals surface area (Å²) in [6.45, 7) is 0.953. The van der Waals surface area contributed by atoms with Crippen molar-refractivity contribution in [2.45, 2.75) is 12.8 Å². The Hall–Kier alpha value is -2.67. The molecule has 2 heterocycles. The van der Waals surface area contributed by atoms with Crippen molar-refractivity contribution in [3.8, 4) is 0 Å². The number of carbonyl (C=O) groups excluding carboxylic acids is 3. The molecule has 1 aliphatic heterocycles. The molecule has 1 saturated heterocycles. The molecular weight excluding hydrogens is 338 g/mol. The summed E-state index contributed by atoms with van der Waals surface area (Å²) in [7, 11) is 0. The van der Waals surface area contributed by atoms with Gasteiger partial charge in [-0.05, 0) is 42.5 Å². The molecule has 0 aliphatic carbocycles. The number of hydrogen-bond donors (Lipinski definition) is 2. The predicted octanol–water partition coefficient (Wildman–Crippen LogP) is 2.34. The van der Waals surface area contributed by atoms with Crippen LogP contribution in [0.2, 0.25) is 0 Å². The number of hydrogen-bond acceptors (Lipinski definition) is 4. The van der Waals surface area contributed by atoms with E-state index < -0.39 is 0 Å². The largest absolute Gasteiger partial charge is 0.369 e. The van der Waals surface area contributed by atoms with Crippen molar-refractivity contribution in [1.82, 2.24) is 4.90 Å². The minimum Gasteiger partial charge on any atom is -0.369 e. The summed E-state index contributed by atoms with van der Waals surface area (Å²) in [6.07, 6.45) is 1.48. The average molecular weight is 357 g/mol. The molecule has 3 amide bonds. The molecule has 7 heteroatoms. The van der Waals surface area contributed by atoms with Gasteiger partial charge < -0.3 is 16.0 Å². The smallest absolute Gasteiger partial charge is 0.265 e. The zero-order valence-corrected chi connectivity index (χ0v) is 14.4. The van der Waals surface area contributed by atoms with Crippen molar-refractivity contribution in [3.63, 3.8) is 0 Å². The lowest BCUT2D eigenvalue weighted by molar-refractivity contribution is -0.123. The molecule has 1 atom stereocenters.